The third-order valence-electron chi connectivity index (χ3n) is 5.66. The number of nitrogens with one attached hydrogen (secondary N) is 1. The second-order valence-corrected chi connectivity index (χ2v) is 10.1. The zero-order chi connectivity index (χ0) is 22.8. The number of anilines is 1. The van der Waals surface area contributed by atoms with Gasteiger partial charge in [0.05, 0.1) is 16.1 Å². The molecule has 2 aromatic rings. The Morgan fingerprint density at radius 1 is 1.03 bits per heavy atom. The Balaban J connectivity index is 1.83. The van der Waals surface area contributed by atoms with Crippen LogP contribution in [0.15, 0.2) is 47.4 Å². The van der Waals surface area contributed by atoms with Crippen molar-refractivity contribution >= 4 is 27.5 Å². The second kappa shape index (κ2) is 9.20. The van der Waals surface area contributed by atoms with Gasteiger partial charge in [0.15, 0.2) is 0 Å². The standard InChI is InChI=1S/C23H29N3O4S/c1-16(2)25(4)31(29,30)19-12-10-18(11-13-19)22(27)24-21-17(3)8-7-9-20(21)23(28)26-14-5-6-15-26/h7-13,16H,5-6,14-15H2,1-4H3,(H,24,27). The fourth-order valence-electron chi connectivity index (χ4n) is 3.51. The van der Waals surface area contributed by atoms with E-state index in [0.29, 0.717) is 16.8 Å². The minimum Gasteiger partial charge on any atom is -0.339 e. The molecular formula is C23H29N3O4S. The third kappa shape index (κ3) is 4.80. The summed E-state index contributed by atoms with van der Waals surface area (Å²) < 4.78 is 26.5. The molecular weight excluding hydrogens is 414 g/mol. The van der Waals surface area contributed by atoms with Gasteiger partial charge >= 0.3 is 0 Å². The summed E-state index contributed by atoms with van der Waals surface area (Å²) in [6.07, 6.45) is 1.97. The number of benzene rings is 2. The Bertz CT molecular complexity index is 1070. The molecule has 0 spiro atoms. The number of likely N-dealkylation sites (tertiary alicyclic amines) is 1. The minimum absolute atomic E-state index is 0.0883. The van der Waals surface area contributed by atoms with Crippen molar-refractivity contribution in [3.05, 3.63) is 59.2 Å². The van der Waals surface area contributed by atoms with Gasteiger partial charge in [-0.3, -0.25) is 9.59 Å². The van der Waals surface area contributed by atoms with Crippen LogP contribution in [-0.2, 0) is 10.0 Å². The van der Waals surface area contributed by atoms with E-state index in [0.717, 1.165) is 31.5 Å². The fraction of sp³-hybridized carbons (Fsp3) is 0.391. The highest BCUT2D eigenvalue weighted by atomic mass is 32.2. The molecule has 7 nitrogen and oxygen atoms in total. The highest BCUT2D eigenvalue weighted by Gasteiger charge is 2.25. The van der Waals surface area contributed by atoms with E-state index < -0.39 is 15.9 Å². The van der Waals surface area contributed by atoms with Gasteiger partial charge in [0, 0.05) is 31.7 Å². The zero-order valence-electron chi connectivity index (χ0n) is 18.4. The van der Waals surface area contributed by atoms with Crippen molar-refractivity contribution in [1.29, 1.82) is 0 Å². The quantitative estimate of drug-likeness (QED) is 0.740. The highest BCUT2D eigenvalue weighted by Crippen LogP contribution is 2.25. The van der Waals surface area contributed by atoms with Gasteiger partial charge in [-0.05, 0) is 69.5 Å². The third-order valence-corrected chi connectivity index (χ3v) is 7.70. The van der Waals surface area contributed by atoms with Crippen molar-refractivity contribution in [3.8, 4) is 0 Å². The minimum atomic E-state index is -3.62. The van der Waals surface area contributed by atoms with Crippen molar-refractivity contribution in [1.82, 2.24) is 9.21 Å². The van der Waals surface area contributed by atoms with Gasteiger partial charge in [-0.2, -0.15) is 4.31 Å². The zero-order valence-corrected chi connectivity index (χ0v) is 19.2. The molecule has 3 rings (SSSR count). The van der Waals surface area contributed by atoms with Crippen LogP contribution in [0.1, 0.15) is 53.0 Å². The summed E-state index contributed by atoms with van der Waals surface area (Å²) in [5.74, 6) is -0.486. The molecule has 0 aromatic heterocycles. The molecule has 0 saturated carbocycles. The topological polar surface area (TPSA) is 86.8 Å². The molecule has 0 radical (unpaired) electrons. The van der Waals surface area contributed by atoms with Crippen molar-refractivity contribution in [2.24, 2.45) is 0 Å². The lowest BCUT2D eigenvalue weighted by Gasteiger charge is -2.21. The van der Waals surface area contributed by atoms with Gasteiger partial charge < -0.3 is 10.2 Å². The van der Waals surface area contributed by atoms with Crippen LogP contribution in [0.5, 0.6) is 0 Å². The predicted molar refractivity (Wildman–Crippen MR) is 121 cm³/mol. The van der Waals surface area contributed by atoms with Crippen LogP contribution < -0.4 is 5.32 Å². The van der Waals surface area contributed by atoms with E-state index >= 15 is 0 Å². The Morgan fingerprint density at radius 2 is 1.65 bits per heavy atom. The van der Waals surface area contributed by atoms with Crippen LogP contribution in [-0.4, -0.2) is 55.6 Å². The van der Waals surface area contributed by atoms with Gasteiger partial charge in [0.2, 0.25) is 10.0 Å². The van der Waals surface area contributed by atoms with E-state index in [2.05, 4.69) is 5.32 Å². The van der Waals surface area contributed by atoms with Crippen LogP contribution in [0, 0.1) is 6.92 Å². The Labute approximate surface area is 184 Å². The first-order chi connectivity index (χ1) is 14.6. The molecule has 0 aliphatic carbocycles. The largest absolute Gasteiger partial charge is 0.339 e. The predicted octanol–water partition coefficient (Wildman–Crippen LogP) is 3.51. The lowest BCUT2D eigenvalue weighted by atomic mass is 10.1. The number of carbonyl (C=O) groups is 2. The number of hydrogen-bond donors (Lipinski definition) is 1. The normalized spacial score (nSPS) is 14.3. The van der Waals surface area contributed by atoms with Crippen LogP contribution in [0.25, 0.3) is 0 Å². The van der Waals surface area contributed by atoms with E-state index in [-0.39, 0.29) is 16.8 Å². The molecule has 1 aliphatic rings. The number of nitrogens with zero attached hydrogens (tertiary/aromatic N) is 2. The molecule has 0 unspecified atom stereocenters. The Hall–Kier alpha value is -2.71. The Morgan fingerprint density at radius 3 is 2.23 bits per heavy atom. The second-order valence-electron chi connectivity index (χ2n) is 8.09. The van der Waals surface area contributed by atoms with Crippen LogP contribution >= 0.6 is 0 Å². The molecule has 1 saturated heterocycles. The maximum atomic E-state index is 12.9. The molecule has 2 aromatic carbocycles. The van der Waals surface area contributed by atoms with E-state index in [4.69, 9.17) is 0 Å². The summed E-state index contributed by atoms with van der Waals surface area (Å²) in [6.45, 7) is 6.88. The number of amides is 2. The highest BCUT2D eigenvalue weighted by molar-refractivity contribution is 7.89. The van der Waals surface area contributed by atoms with Crippen LogP contribution in [0.4, 0.5) is 5.69 Å². The fourth-order valence-corrected chi connectivity index (χ4v) is 4.88. The molecule has 1 aliphatic heterocycles. The Kier molecular flexibility index (Phi) is 6.81. The molecule has 0 bridgehead atoms. The van der Waals surface area contributed by atoms with Gasteiger partial charge in [-0.15, -0.1) is 0 Å². The molecule has 0 atom stereocenters. The average Bonchev–Trinajstić information content (AvgIpc) is 3.29. The number of sulfonamides is 1. The molecule has 31 heavy (non-hydrogen) atoms. The van der Waals surface area contributed by atoms with Gasteiger partial charge in [-0.1, -0.05) is 12.1 Å². The van der Waals surface area contributed by atoms with Crippen molar-refractivity contribution < 1.29 is 18.0 Å². The molecule has 1 N–H and O–H groups in total. The lowest BCUT2D eigenvalue weighted by Crippen LogP contribution is -2.33. The SMILES string of the molecule is Cc1cccc(C(=O)N2CCCC2)c1NC(=O)c1ccc(S(=O)(=O)N(C)C(C)C)cc1. The van der Waals surface area contributed by atoms with E-state index in [9.17, 15) is 18.0 Å². The molecule has 8 heteroatoms. The van der Waals surface area contributed by atoms with E-state index in [1.807, 2.05) is 13.0 Å². The maximum absolute atomic E-state index is 12.9. The van der Waals surface area contributed by atoms with Gasteiger partial charge in [0.1, 0.15) is 0 Å². The summed E-state index contributed by atoms with van der Waals surface area (Å²) in [6, 6.07) is 11.0. The first-order valence-corrected chi connectivity index (χ1v) is 11.8. The van der Waals surface area contributed by atoms with Gasteiger partial charge in [0.25, 0.3) is 11.8 Å². The molecule has 166 valence electrons. The number of rotatable bonds is 6. The molecule has 1 heterocycles. The van der Waals surface area contributed by atoms with Crippen molar-refractivity contribution in [2.75, 3.05) is 25.5 Å². The lowest BCUT2D eigenvalue weighted by molar-refractivity contribution is 0.0793. The van der Waals surface area contributed by atoms with Crippen molar-refractivity contribution in [2.45, 2.75) is 44.6 Å². The first-order valence-electron chi connectivity index (χ1n) is 10.4. The number of hydrogen-bond acceptors (Lipinski definition) is 4. The smallest absolute Gasteiger partial charge is 0.255 e. The number of aryl methyl sites for hydroxylation is 1. The van der Waals surface area contributed by atoms with Crippen LogP contribution in [0.3, 0.4) is 0 Å². The summed E-state index contributed by atoms with van der Waals surface area (Å²) in [7, 11) is -2.10. The van der Waals surface area contributed by atoms with Gasteiger partial charge in [-0.25, -0.2) is 8.42 Å². The number of para-hydroxylation sites is 1. The van der Waals surface area contributed by atoms with Crippen molar-refractivity contribution in [3.63, 3.8) is 0 Å². The number of carbonyl (C=O) groups excluding carboxylic acids is 2. The first kappa shape index (κ1) is 23.0. The summed E-state index contributed by atoms with van der Waals surface area (Å²) in [4.78, 5) is 27.7. The van der Waals surface area contributed by atoms with E-state index in [1.54, 1.807) is 30.9 Å². The summed E-state index contributed by atoms with van der Waals surface area (Å²) >= 11 is 0. The van der Waals surface area contributed by atoms with Crippen LogP contribution in [0.2, 0.25) is 0 Å². The maximum Gasteiger partial charge on any atom is 0.255 e. The average molecular weight is 444 g/mol. The van der Waals surface area contributed by atoms with E-state index in [1.165, 1.54) is 35.6 Å². The molecule has 1 fully saturated rings. The monoisotopic (exact) mass is 443 g/mol. The summed E-state index contributed by atoms with van der Waals surface area (Å²) in [5, 5.41) is 2.85. The molecule has 2 amide bonds. The summed E-state index contributed by atoms with van der Waals surface area (Å²) in [5.41, 5.74) is 2.05.